The van der Waals surface area contributed by atoms with E-state index in [1.807, 2.05) is 0 Å². The number of hydrogen-bond acceptors (Lipinski definition) is 4. The Balaban J connectivity index is 2.96. The minimum atomic E-state index is -0.468. The van der Waals surface area contributed by atoms with E-state index in [0.29, 0.717) is 23.0 Å². The van der Waals surface area contributed by atoms with Gasteiger partial charge in [0.15, 0.2) is 0 Å². The van der Waals surface area contributed by atoms with Crippen LogP contribution in [-0.4, -0.2) is 21.6 Å². The summed E-state index contributed by atoms with van der Waals surface area (Å²) in [6.45, 7) is 0.00883. The molecule has 0 aliphatic rings. The molecule has 1 heterocycles. The Morgan fingerprint density at radius 1 is 1.64 bits per heavy atom. The molecule has 5 nitrogen and oxygen atoms in total. The summed E-state index contributed by atoms with van der Waals surface area (Å²) in [5.41, 5.74) is 0.403. The lowest BCUT2D eigenvalue weighted by atomic mass is 10.2. The van der Waals surface area contributed by atoms with E-state index in [9.17, 15) is 10.1 Å². The second-order valence-electron chi connectivity index (χ2n) is 2.70. The van der Waals surface area contributed by atoms with Crippen molar-refractivity contribution < 1.29 is 10.0 Å². The second kappa shape index (κ2) is 5.02. The SMILES string of the molecule is O=[N+]([O-])c1cc(Br)cnc1CCCO. The van der Waals surface area contributed by atoms with Crippen molar-refractivity contribution >= 4 is 21.6 Å². The molecule has 0 unspecified atom stereocenters. The van der Waals surface area contributed by atoms with Gasteiger partial charge in [0, 0.05) is 23.3 Å². The zero-order valence-corrected chi connectivity index (χ0v) is 8.90. The number of aliphatic hydroxyl groups is 1. The monoisotopic (exact) mass is 260 g/mol. The van der Waals surface area contributed by atoms with Crippen molar-refractivity contribution in [3.05, 3.63) is 32.5 Å². The van der Waals surface area contributed by atoms with Crippen LogP contribution in [0, 0.1) is 10.1 Å². The van der Waals surface area contributed by atoms with Gasteiger partial charge in [0.1, 0.15) is 5.69 Å². The van der Waals surface area contributed by atoms with E-state index in [2.05, 4.69) is 20.9 Å². The number of nitrogens with zero attached hydrogens (tertiary/aromatic N) is 2. The highest BCUT2D eigenvalue weighted by molar-refractivity contribution is 9.10. The fourth-order valence-corrected chi connectivity index (χ4v) is 1.37. The smallest absolute Gasteiger partial charge is 0.291 e. The van der Waals surface area contributed by atoms with Crippen LogP contribution in [0.3, 0.4) is 0 Å². The minimum absolute atomic E-state index is 0.00664. The number of pyridine rings is 1. The Bertz CT molecular complexity index is 343. The van der Waals surface area contributed by atoms with Crippen LogP contribution in [0.2, 0.25) is 0 Å². The maximum Gasteiger partial charge on any atom is 0.291 e. The number of aromatic nitrogens is 1. The molecule has 1 N–H and O–H groups in total. The molecule has 0 radical (unpaired) electrons. The van der Waals surface area contributed by atoms with Crippen molar-refractivity contribution in [2.24, 2.45) is 0 Å². The van der Waals surface area contributed by atoms with Gasteiger partial charge < -0.3 is 5.11 Å². The lowest BCUT2D eigenvalue weighted by molar-refractivity contribution is -0.386. The van der Waals surface area contributed by atoms with Crippen LogP contribution in [-0.2, 0) is 6.42 Å². The third-order valence-electron chi connectivity index (χ3n) is 1.68. The topological polar surface area (TPSA) is 76.3 Å². The minimum Gasteiger partial charge on any atom is -0.396 e. The maximum absolute atomic E-state index is 10.6. The lowest BCUT2D eigenvalue weighted by Crippen LogP contribution is -2.00. The summed E-state index contributed by atoms with van der Waals surface area (Å²) in [7, 11) is 0. The molecule has 0 amide bonds. The van der Waals surface area contributed by atoms with Gasteiger partial charge in [-0.3, -0.25) is 15.1 Å². The van der Waals surface area contributed by atoms with E-state index in [0.717, 1.165) is 0 Å². The molecule has 0 saturated heterocycles. The molecular formula is C8H9BrN2O3. The van der Waals surface area contributed by atoms with Gasteiger partial charge in [-0.2, -0.15) is 0 Å². The third-order valence-corrected chi connectivity index (χ3v) is 2.12. The van der Waals surface area contributed by atoms with Gasteiger partial charge in [-0.15, -0.1) is 0 Å². The van der Waals surface area contributed by atoms with Gasteiger partial charge in [0.2, 0.25) is 0 Å². The quantitative estimate of drug-likeness (QED) is 0.660. The van der Waals surface area contributed by atoms with E-state index < -0.39 is 4.92 Å². The Kier molecular flexibility index (Phi) is 3.97. The van der Waals surface area contributed by atoms with Crippen molar-refractivity contribution in [2.75, 3.05) is 6.61 Å². The summed E-state index contributed by atoms with van der Waals surface area (Å²) in [5, 5.41) is 19.2. The molecule has 0 aliphatic carbocycles. The maximum atomic E-state index is 10.6. The van der Waals surface area contributed by atoms with Crippen LogP contribution in [0.1, 0.15) is 12.1 Å². The molecule has 14 heavy (non-hydrogen) atoms. The fraction of sp³-hybridized carbons (Fsp3) is 0.375. The largest absolute Gasteiger partial charge is 0.396 e. The molecule has 0 spiro atoms. The van der Waals surface area contributed by atoms with Gasteiger partial charge in [-0.1, -0.05) is 0 Å². The average molecular weight is 261 g/mol. The third kappa shape index (κ3) is 2.74. The highest BCUT2D eigenvalue weighted by atomic mass is 79.9. The van der Waals surface area contributed by atoms with Crippen LogP contribution in [0.15, 0.2) is 16.7 Å². The molecule has 0 aromatic carbocycles. The van der Waals surface area contributed by atoms with E-state index in [-0.39, 0.29) is 12.3 Å². The van der Waals surface area contributed by atoms with Crippen molar-refractivity contribution in [1.29, 1.82) is 0 Å². The first-order chi connectivity index (χ1) is 6.65. The van der Waals surface area contributed by atoms with Crippen LogP contribution in [0.4, 0.5) is 5.69 Å². The number of aryl methyl sites for hydroxylation is 1. The molecule has 0 saturated carbocycles. The van der Waals surface area contributed by atoms with Gasteiger partial charge in [-0.05, 0) is 28.8 Å². The first kappa shape index (κ1) is 11.1. The average Bonchev–Trinajstić information content (AvgIpc) is 2.15. The zero-order chi connectivity index (χ0) is 10.6. The van der Waals surface area contributed by atoms with E-state index in [1.54, 1.807) is 0 Å². The summed E-state index contributed by atoms with van der Waals surface area (Å²) in [6, 6.07) is 1.42. The van der Waals surface area contributed by atoms with E-state index in [4.69, 9.17) is 5.11 Å². The number of nitro groups is 1. The predicted octanol–water partition coefficient (Wildman–Crippen LogP) is 1.68. The van der Waals surface area contributed by atoms with Crippen molar-refractivity contribution in [2.45, 2.75) is 12.8 Å². The fourth-order valence-electron chi connectivity index (χ4n) is 1.05. The predicted molar refractivity (Wildman–Crippen MR) is 54.0 cm³/mol. The van der Waals surface area contributed by atoms with Crippen LogP contribution >= 0.6 is 15.9 Å². The summed E-state index contributed by atoms with van der Waals surface area (Å²) < 4.78 is 0.581. The van der Waals surface area contributed by atoms with Crippen molar-refractivity contribution in [3.8, 4) is 0 Å². The highest BCUT2D eigenvalue weighted by Gasteiger charge is 2.14. The Labute approximate surface area is 89.1 Å². The molecule has 0 atom stereocenters. The van der Waals surface area contributed by atoms with Crippen LogP contribution in [0.5, 0.6) is 0 Å². The summed E-state index contributed by atoms with van der Waals surface area (Å²) >= 11 is 3.12. The molecular weight excluding hydrogens is 252 g/mol. The number of aliphatic hydroxyl groups excluding tert-OH is 1. The van der Waals surface area contributed by atoms with E-state index >= 15 is 0 Å². The first-order valence-electron chi connectivity index (χ1n) is 4.05. The Morgan fingerprint density at radius 3 is 2.93 bits per heavy atom. The number of hydrogen-bond donors (Lipinski definition) is 1. The standard InChI is InChI=1S/C8H9BrN2O3/c9-6-4-8(11(13)14)7(10-5-6)2-1-3-12/h4-5,12H,1-3H2. The molecule has 1 aromatic rings. The number of halogens is 1. The number of rotatable bonds is 4. The molecule has 1 rings (SSSR count). The zero-order valence-electron chi connectivity index (χ0n) is 7.31. The summed E-state index contributed by atoms with van der Waals surface area (Å²) in [4.78, 5) is 14.1. The van der Waals surface area contributed by atoms with Gasteiger partial charge in [0.25, 0.3) is 5.69 Å². The van der Waals surface area contributed by atoms with Crippen LogP contribution in [0.25, 0.3) is 0 Å². The Hall–Kier alpha value is -1.01. The summed E-state index contributed by atoms with van der Waals surface area (Å²) in [5.74, 6) is 0. The molecule has 0 bridgehead atoms. The van der Waals surface area contributed by atoms with Crippen LogP contribution < -0.4 is 0 Å². The summed E-state index contributed by atoms with van der Waals surface area (Å²) in [6.07, 6.45) is 2.41. The van der Waals surface area contributed by atoms with E-state index in [1.165, 1.54) is 12.3 Å². The lowest BCUT2D eigenvalue weighted by Gasteiger charge is -2.00. The van der Waals surface area contributed by atoms with Crippen molar-refractivity contribution in [1.82, 2.24) is 4.98 Å². The Morgan fingerprint density at radius 2 is 2.36 bits per heavy atom. The second-order valence-corrected chi connectivity index (χ2v) is 3.62. The molecule has 76 valence electrons. The van der Waals surface area contributed by atoms with Gasteiger partial charge in [0.05, 0.1) is 4.92 Å². The van der Waals surface area contributed by atoms with Crippen molar-refractivity contribution in [3.63, 3.8) is 0 Å². The molecule has 6 heteroatoms. The first-order valence-corrected chi connectivity index (χ1v) is 4.84. The highest BCUT2D eigenvalue weighted by Crippen LogP contribution is 2.21. The molecule has 0 aliphatic heterocycles. The molecule has 1 aromatic heterocycles. The molecule has 0 fully saturated rings. The normalized spacial score (nSPS) is 10.1. The van der Waals surface area contributed by atoms with Gasteiger partial charge in [-0.25, -0.2) is 0 Å². The van der Waals surface area contributed by atoms with Gasteiger partial charge >= 0.3 is 0 Å².